The number of nitrogens with zero attached hydrogens (tertiary/aromatic N) is 3. The zero-order chi connectivity index (χ0) is 27.2. The summed E-state index contributed by atoms with van der Waals surface area (Å²) in [6, 6.07) is 17.2. The average molecular weight is 616 g/mol. The number of nitrogens with one attached hydrogen (secondary N) is 1. The van der Waals surface area contributed by atoms with Crippen LogP contribution in [0.15, 0.2) is 64.2 Å². The maximum absolute atomic E-state index is 13.0. The Morgan fingerprint density at radius 1 is 1.13 bits per heavy atom. The maximum atomic E-state index is 13.0. The summed E-state index contributed by atoms with van der Waals surface area (Å²) in [4.78, 5) is 26.6. The standard InChI is InChI=1S/C27H27BrN4O4S2/c1-5-32-24(16(2)36-20-13-11-19(28)12-14-20)30-31-27(32)37-15-21(33)29-25-23(26(34)35-4)22(17(3)38-25)18-9-7-6-8-10-18/h6-14,16H,5,15H2,1-4H3,(H,29,33). The van der Waals surface area contributed by atoms with E-state index in [1.54, 1.807) is 0 Å². The minimum Gasteiger partial charge on any atom is -0.483 e. The lowest BCUT2D eigenvalue weighted by Gasteiger charge is -2.15. The van der Waals surface area contributed by atoms with Crippen molar-refractivity contribution in [3.8, 4) is 16.9 Å². The Balaban J connectivity index is 1.47. The quantitative estimate of drug-likeness (QED) is 0.156. The van der Waals surface area contributed by atoms with Gasteiger partial charge in [-0.1, -0.05) is 58.0 Å². The van der Waals surface area contributed by atoms with Crippen molar-refractivity contribution in [1.82, 2.24) is 14.8 Å². The summed E-state index contributed by atoms with van der Waals surface area (Å²) in [5, 5.41) is 12.6. The fraction of sp³-hybridized carbons (Fsp3) is 0.259. The van der Waals surface area contributed by atoms with Crippen LogP contribution in [0, 0.1) is 6.92 Å². The lowest BCUT2D eigenvalue weighted by atomic mass is 10.0. The molecule has 0 aliphatic rings. The van der Waals surface area contributed by atoms with Gasteiger partial charge in [-0.25, -0.2) is 4.79 Å². The first-order valence-corrected chi connectivity index (χ1v) is 14.5. The van der Waals surface area contributed by atoms with Gasteiger partial charge in [0, 0.05) is 21.5 Å². The molecule has 2 aromatic heterocycles. The van der Waals surface area contributed by atoms with Gasteiger partial charge in [-0.15, -0.1) is 21.5 Å². The number of thiophene rings is 1. The molecule has 38 heavy (non-hydrogen) atoms. The zero-order valence-electron chi connectivity index (χ0n) is 21.4. The molecule has 4 rings (SSSR count). The van der Waals surface area contributed by atoms with Crippen molar-refractivity contribution in [2.45, 2.75) is 38.6 Å². The second-order valence-electron chi connectivity index (χ2n) is 8.23. The van der Waals surface area contributed by atoms with Crippen molar-refractivity contribution < 1.29 is 19.1 Å². The number of ether oxygens (including phenoxy) is 2. The van der Waals surface area contributed by atoms with Crippen LogP contribution in [0.5, 0.6) is 5.75 Å². The monoisotopic (exact) mass is 614 g/mol. The highest BCUT2D eigenvalue weighted by atomic mass is 79.9. The molecule has 0 bridgehead atoms. The lowest BCUT2D eigenvalue weighted by molar-refractivity contribution is -0.113. The molecule has 0 radical (unpaired) electrons. The Morgan fingerprint density at radius 2 is 1.84 bits per heavy atom. The highest BCUT2D eigenvalue weighted by molar-refractivity contribution is 9.10. The predicted molar refractivity (Wildman–Crippen MR) is 154 cm³/mol. The number of thioether (sulfide) groups is 1. The molecule has 0 aliphatic carbocycles. The summed E-state index contributed by atoms with van der Waals surface area (Å²) in [5.74, 6) is 0.743. The molecular weight excluding hydrogens is 588 g/mol. The molecule has 1 unspecified atom stereocenters. The summed E-state index contributed by atoms with van der Waals surface area (Å²) in [6.07, 6.45) is -0.333. The molecule has 0 aliphatic heterocycles. The number of anilines is 1. The van der Waals surface area contributed by atoms with Gasteiger partial charge >= 0.3 is 5.97 Å². The molecule has 1 atom stereocenters. The number of hydrogen-bond acceptors (Lipinski definition) is 8. The topological polar surface area (TPSA) is 95.3 Å². The van der Waals surface area contributed by atoms with E-state index in [0.29, 0.717) is 28.1 Å². The van der Waals surface area contributed by atoms with Crippen LogP contribution in [0.4, 0.5) is 5.00 Å². The maximum Gasteiger partial charge on any atom is 0.341 e. The highest BCUT2D eigenvalue weighted by Crippen LogP contribution is 2.40. The number of carbonyl (C=O) groups is 2. The molecule has 2 aromatic carbocycles. The van der Waals surface area contributed by atoms with Crippen LogP contribution in [-0.4, -0.2) is 39.5 Å². The van der Waals surface area contributed by atoms with Crippen LogP contribution in [0.3, 0.4) is 0 Å². The highest BCUT2D eigenvalue weighted by Gasteiger charge is 2.25. The Kier molecular flexibility index (Phi) is 9.24. The van der Waals surface area contributed by atoms with Crippen LogP contribution in [-0.2, 0) is 16.1 Å². The molecule has 1 N–H and O–H groups in total. The largest absolute Gasteiger partial charge is 0.483 e. The van der Waals surface area contributed by atoms with Gasteiger partial charge in [-0.2, -0.15) is 0 Å². The number of rotatable bonds is 10. The summed E-state index contributed by atoms with van der Waals surface area (Å²) in [5.41, 5.74) is 2.01. The minimum absolute atomic E-state index is 0.0955. The number of aryl methyl sites for hydroxylation is 1. The van der Waals surface area contributed by atoms with Gasteiger partial charge in [0.05, 0.1) is 12.9 Å². The third-order valence-corrected chi connectivity index (χ3v) is 8.19. The first-order chi connectivity index (χ1) is 18.3. The SMILES string of the molecule is CCn1c(SCC(=O)Nc2sc(C)c(-c3ccccc3)c2C(=O)OC)nnc1C(C)Oc1ccc(Br)cc1. The van der Waals surface area contributed by atoms with Gasteiger partial charge < -0.3 is 19.4 Å². The van der Waals surface area contributed by atoms with E-state index in [1.807, 2.05) is 79.9 Å². The van der Waals surface area contributed by atoms with E-state index in [1.165, 1.54) is 30.2 Å². The third-order valence-electron chi connectivity index (χ3n) is 5.67. The first-order valence-electron chi connectivity index (χ1n) is 11.9. The number of methoxy groups -OCH3 is 1. The van der Waals surface area contributed by atoms with Crippen LogP contribution in [0.2, 0.25) is 0 Å². The molecule has 2 heterocycles. The van der Waals surface area contributed by atoms with E-state index in [9.17, 15) is 9.59 Å². The number of aromatic nitrogens is 3. The van der Waals surface area contributed by atoms with Gasteiger partial charge in [-0.3, -0.25) is 4.79 Å². The van der Waals surface area contributed by atoms with Crippen LogP contribution >= 0.6 is 39.0 Å². The fourth-order valence-corrected chi connectivity index (χ4v) is 6.10. The van der Waals surface area contributed by atoms with Crippen molar-refractivity contribution in [2.24, 2.45) is 0 Å². The number of halogens is 1. The molecule has 4 aromatic rings. The Morgan fingerprint density at radius 3 is 2.50 bits per heavy atom. The fourth-order valence-electron chi connectivity index (χ4n) is 3.95. The van der Waals surface area contributed by atoms with Gasteiger partial charge in [0.25, 0.3) is 0 Å². The van der Waals surface area contributed by atoms with E-state index in [2.05, 4.69) is 31.4 Å². The van der Waals surface area contributed by atoms with Gasteiger partial charge in [0.2, 0.25) is 5.91 Å². The molecule has 0 spiro atoms. The second kappa shape index (κ2) is 12.6. The Bertz CT molecular complexity index is 1420. The van der Waals surface area contributed by atoms with E-state index >= 15 is 0 Å². The average Bonchev–Trinajstić information content (AvgIpc) is 3.48. The zero-order valence-corrected chi connectivity index (χ0v) is 24.6. The minimum atomic E-state index is -0.494. The van der Waals surface area contributed by atoms with Crippen molar-refractivity contribution in [2.75, 3.05) is 18.2 Å². The van der Waals surface area contributed by atoms with Crippen LogP contribution < -0.4 is 10.1 Å². The van der Waals surface area contributed by atoms with Gasteiger partial charge in [0.15, 0.2) is 17.1 Å². The summed E-state index contributed by atoms with van der Waals surface area (Å²) in [6.45, 7) is 6.45. The molecule has 198 valence electrons. The van der Waals surface area contributed by atoms with Crippen molar-refractivity contribution >= 4 is 55.9 Å². The normalized spacial score (nSPS) is 11.7. The molecule has 0 fully saturated rings. The van der Waals surface area contributed by atoms with Crippen molar-refractivity contribution in [3.05, 3.63) is 75.3 Å². The summed E-state index contributed by atoms with van der Waals surface area (Å²) < 4.78 is 14.0. The summed E-state index contributed by atoms with van der Waals surface area (Å²) in [7, 11) is 1.34. The Labute approximate surface area is 237 Å². The number of amides is 1. The summed E-state index contributed by atoms with van der Waals surface area (Å²) >= 11 is 6.05. The Hall–Kier alpha value is -3.15. The van der Waals surface area contributed by atoms with Gasteiger partial charge in [0.1, 0.15) is 16.3 Å². The predicted octanol–water partition coefficient (Wildman–Crippen LogP) is 6.75. The molecular formula is C27H27BrN4O4S2. The van der Waals surface area contributed by atoms with E-state index < -0.39 is 5.97 Å². The molecule has 0 saturated carbocycles. The molecule has 11 heteroatoms. The van der Waals surface area contributed by atoms with Crippen LogP contribution in [0.25, 0.3) is 11.1 Å². The van der Waals surface area contributed by atoms with Gasteiger partial charge in [-0.05, 0) is 50.6 Å². The number of carbonyl (C=O) groups excluding carboxylic acids is 2. The van der Waals surface area contributed by atoms with Crippen molar-refractivity contribution in [1.29, 1.82) is 0 Å². The molecule has 8 nitrogen and oxygen atoms in total. The third kappa shape index (κ3) is 6.28. The van der Waals surface area contributed by atoms with E-state index in [4.69, 9.17) is 9.47 Å². The molecule has 0 saturated heterocycles. The van der Waals surface area contributed by atoms with E-state index in [-0.39, 0.29) is 17.8 Å². The second-order valence-corrected chi connectivity index (χ2v) is 11.3. The lowest BCUT2D eigenvalue weighted by Crippen LogP contribution is -2.17. The van der Waals surface area contributed by atoms with E-state index in [0.717, 1.165) is 26.2 Å². The number of hydrogen-bond donors (Lipinski definition) is 1. The number of benzene rings is 2. The molecule has 1 amide bonds. The number of esters is 1. The van der Waals surface area contributed by atoms with Crippen LogP contribution in [0.1, 0.15) is 41.0 Å². The van der Waals surface area contributed by atoms with Crippen molar-refractivity contribution in [3.63, 3.8) is 0 Å². The first kappa shape index (κ1) is 27.9. The smallest absolute Gasteiger partial charge is 0.341 e.